The molecule has 1 aromatic rings. The van der Waals surface area contributed by atoms with Crippen molar-refractivity contribution in [3.63, 3.8) is 0 Å². The fraction of sp³-hybridized carbons (Fsp3) is 0.200. The number of non-ortho nitro benzene ring substituents is 1. The molecule has 1 unspecified atom stereocenters. The second-order valence-electron chi connectivity index (χ2n) is 2.85. The lowest BCUT2D eigenvalue weighted by Crippen LogP contribution is -1.96. The molecule has 0 saturated heterocycles. The summed E-state index contributed by atoms with van der Waals surface area (Å²) in [6.45, 7) is 1.66. The molecule has 0 heterocycles. The monoisotopic (exact) mass is 193 g/mol. The Morgan fingerprint density at radius 1 is 1.64 bits per heavy atom. The van der Waals surface area contributed by atoms with Crippen LogP contribution >= 0.6 is 0 Å². The highest BCUT2D eigenvalue weighted by molar-refractivity contribution is 5.37. The first-order valence-electron chi connectivity index (χ1n) is 3.96. The van der Waals surface area contributed by atoms with E-state index in [2.05, 4.69) is 5.92 Å². The molecule has 0 spiro atoms. The summed E-state index contributed by atoms with van der Waals surface area (Å²) in [5.74, 6) is 1.35. The number of hydrogen-bond acceptors (Lipinski definition) is 2. The van der Waals surface area contributed by atoms with Gasteiger partial charge >= 0.3 is 0 Å². The molecule has 14 heavy (non-hydrogen) atoms. The zero-order valence-corrected chi connectivity index (χ0v) is 7.53. The molecule has 0 bridgehead atoms. The summed E-state index contributed by atoms with van der Waals surface area (Å²) >= 11 is 0. The smallest absolute Gasteiger partial charge is 0.258 e. The quantitative estimate of drug-likeness (QED) is 0.411. The number of benzene rings is 1. The largest absolute Gasteiger partial charge is 0.272 e. The van der Waals surface area contributed by atoms with Gasteiger partial charge in [0.1, 0.15) is 5.82 Å². The molecule has 0 aliphatic carbocycles. The van der Waals surface area contributed by atoms with Gasteiger partial charge in [-0.3, -0.25) is 10.1 Å². The van der Waals surface area contributed by atoms with Crippen molar-refractivity contribution in [2.24, 2.45) is 0 Å². The summed E-state index contributed by atoms with van der Waals surface area (Å²) in [6, 6.07) is 3.47. The summed E-state index contributed by atoms with van der Waals surface area (Å²) in [5, 5.41) is 10.3. The Morgan fingerprint density at radius 3 is 2.71 bits per heavy atom. The second-order valence-corrected chi connectivity index (χ2v) is 2.85. The molecule has 3 nitrogen and oxygen atoms in total. The number of rotatable bonds is 2. The third kappa shape index (κ3) is 1.88. The zero-order chi connectivity index (χ0) is 10.7. The van der Waals surface area contributed by atoms with Crippen molar-refractivity contribution >= 4 is 5.69 Å². The first-order valence-corrected chi connectivity index (χ1v) is 3.96. The fourth-order valence-corrected chi connectivity index (χ4v) is 1.07. The number of terminal acetylenes is 1. The SMILES string of the molecule is C#CC(C)c1ccc([N+](=O)[O-])cc1F. The maximum absolute atomic E-state index is 13.2. The van der Waals surface area contributed by atoms with E-state index in [1.807, 2.05) is 0 Å². The lowest BCUT2D eigenvalue weighted by molar-refractivity contribution is -0.385. The molecule has 0 N–H and O–H groups in total. The lowest BCUT2D eigenvalue weighted by Gasteiger charge is -2.04. The van der Waals surface area contributed by atoms with Crippen molar-refractivity contribution in [1.29, 1.82) is 0 Å². The molecular formula is C10H8FNO2. The fourth-order valence-electron chi connectivity index (χ4n) is 1.07. The Hall–Kier alpha value is -1.89. The summed E-state index contributed by atoms with van der Waals surface area (Å²) in [6.07, 6.45) is 5.12. The van der Waals surface area contributed by atoms with E-state index in [1.165, 1.54) is 12.1 Å². The van der Waals surface area contributed by atoms with Gasteiger partial charge in [-0.25, -0.2) is 4.39 Å². The van der Waals surface area contributed by atoms with Crippen molar-refractivity contribution in [2.75, 3.05) is 0 Å². The van der Waals surface area contributed by atoms with Crippen molar-refractivity contribution in [3.05, 3.63) is 39.7 Å². The van der Waals surface area contributed by atoms with Crippen LogP contribution in [0, 0.1) is 28.3 Å². The van der Waals surface area contributed by atoms with Crippen LogP contribution in [0.1, 0.15) is 18.4 Å². The molecule has 4 heteroatoms. The van der Waals surface area contributed by atoms with Gasteiger partial charge in [0.25, 0.3) is 5.69 Å². The topological polar surface area (TPSA) is 43.1 Å². The minimum atomic E-state index is -0.645. The molecule has 0 radical (unpaired) electrons. The molecule has 1 rings (SSSR count). The molecule has 0 aromatic heterocycles. The Labute approximate surface area is 80.7 Å². The highest BCUT2D eigenvalue weighted by Gasteiger charge is 2.13. The summed E-state index contributed by atoms with van der Waals surface area (Å²) in [4.78, 5) is 9.66. The van der Waals surface area contributed by atoms with Crippen molar-refractivity contribution < 1.29 is 9.31 Å². The number of halogens is 1. The van der Waals surface area contributed by atoms with Crippen LogP contribution in [-0.4, -0.2) is 4.92 Å². The van der Waals surface area contributed by atoms with Crippen LogP contribution in [0.4, 0.5) is 10.1 Å². The molecule has 0 saturated carbocycles. The highest BCUT2D eigenvalue weighted by atomic mass is 19.1. The van der Waals surface area contributed by atoms with E-state index in [-0.39, 0.29) is 11.6 Å². The van der Waals surface area contributed by atoms with Gasteiger partial charge in [0.05, 0.1) is 11.0 Å². The standard InChI is InChI=1S/C10H8FNO2/c1-3-7(2)9-5-4-8(12(13)14)6-10(9)11/h1,4-7H,2H3. The van der Waals surface area contributed by atoms with E-state index in [1.54, 1.807) is 6.92 Å². The summed E-state index contributed by atoms with van der Waals surface area (Å²) < 4.78 is 13.2. The minimum absolute atomic E-state index is 0.268. The van der Waals surface area contributed by atoms with Gasteiger partial charge in [-0.2, -0.15) is 0 Å². The molecular weight excluding hydrogens is 185 g/mol. The van der Waals surface area contributed by atoms with Gasteiger partial charge in [0.2, 0.25) is 0 Å². The number of hydrogen-bond donors (Lipinski definition) is 0. The van der Waals surface area contributed by atoms with Crippen molar-refractivity contribution in [2.45, 2.75) is 12.8 Å². The van der Waals surface area contributed by atoms with Crippen LogP contribution in [0.15, 0.2) is 18.2 Å². The molecule has 1 aromatic carbocycles. The van der Waals surface area contributed by atoms with E-state index in [4.69, 9.17) is 6.42 Å². The van der Waals surface area contributed by atoms with E-state index in [0.29, 0.717) is 5.56 Å². The van der Waals surface area contributed by atoms with Gasteiger partial charge in [0.15, 0.2) is 0 Å². The van der Waals surface area contributed by atoms with E-state index in [9.17, 15) is 14.5 Å². The second kappa shape index (κ2) is 3.88. The first-order chi connectivity index (χ1) is 6.56. The molecule has 0 amide bonds. The van der Waals surface area contributed by atoms with Crippen molar-refractivity contribution in [1.82, 2.24) is 0 Å². The predicted molar refractivity (Wildman–Crippen MR) is 50.3 cm³/mol. The third-order valence-corrected chi connectivity index (χ3v) is 1.91. The predicted octanol–water partition coefficient (Wildman–Crippen LogP) is 2.47. The zero-order valence-electron chi connectivity index (χ0n) is 7.53. The maximum atomic E-state index is 13.2. The average molecular weight is 193 g/mol. The maximum Gasteiger partial charge on any atom is 0.272 e. The molecule has 72 valence electrons. The van der Waals surface area contributed by atoms with Crippen LogP contribution in [0.25, 0.3) is 0 Å². The summed E-state index contributed by atoms with van der Waals surface area (Å²) in [7, 11) is 0. The Morgan fingerprint density at radius 2 is 2.29 bits per heavy atom. The molecule has 0 aliphatic heterocycles. The van der Waals surface area contributed by atoms with Crippen LogP contribution in [0.5, 0.6) is 0 Å². The number of nitro benzene ring substituents is 1. The third-order valence-electron chi connectivity index (χ3n) is 1.91. The van der Waals surface area contributed by atoms with Gasteiger partial charge < -0.3 is 0 Å². The number of nitrogens with zero attached hydrogens (tertiary/aromatic N) is 1. The normalized spacial score (nSPS) is 11.8. The van der Waals surface area contributed by atoms with Crippen molar-refractivity contribution in [3.8, 4) is 12.3 Å². The first kappa shape index (κ1) is 10.2. The minimum Gasteiger partial charge on any atom is -0.258 e. The van der Waals surface area contributed by atoms with E-state index >= 15 is 0 Å². The van der Waals surface area contributed by atoms with E-state index in [0.717, 1.165) is 6.07 Å². The Kier molecular flexibility index (Phi) is 2.82. The van der Waals surface area contributed by atoms with Crippen LogP contribution < -0.4 is 0 Å². The Balaban J connectivity index is 3.15. The Bertz CT molecular complexity index is 409. The summed E-state index contributed by atoms with van der Waals surface area (Å²) in [5.41, 5.74) is 0.0357. The lowest BCUT2D eigenvalue weighted by atomic mass is 10.0. The van der Waals surface area contributed by atoms with E-state index < -0.39 is 10.7 Å². The van der Waals surface area contributed by atoms with Gasteiger partial charge in [-0.15, -0.1) is 6.42 Å². The van der Waals surface area contributed by atoms with Crippen LogP contribution in [0.2, 0.25) is 0 Å². The molecule has 0 aliphatic rings. The van der Waals surface area contributed by atoms with Gasteiger partial charge in [-0.1, -0.05) is 5.92 Å². The average Bonchev–Trinajstić information content (AvgIpc) is 2.16. The van der Waals surface area contributed by atoms with Crippen LogP contribution in [-0.2, 0) is 0 Å². The molecule has 1 atom stereocenters. The molecule has 0 fully saturated rings. The number of nitro groups is 1. The highest BCUT2D eigenvalue weighted by Crippen LogP contribution is 2.22. The van der Waals surface area contributed by atoms with Gasteiger partial charge in [0, 0.05) is 17.5 Å². The van der Waals surface area contributed by atoms with Crippen LogP contribution in [0.3, 0.4) is 0 Å². The van der Waals surface area contributed by atoms with Gasteiger partial charge in [-0.05, 0) is 13.0 Å².